The number of ether oxygens (including phenoxy) is 1. The molecule has 0 rings (SSSR count). The molecule has 5 nitrogen and oxygen atoms in total. The van der Waals surface area contributed by atoms with Gasteiger partial charge in [-0.25, -0.2) is 0 Å². The first kappa shape index (κ1) is 9.90. The van der Waals surface area contributed by atoms with Gasteiger partial charge in [0.15, 0.2) is 0 Å². The van der Waals surface area contributed by atoms with Gasteiger partial charge in [-0.1, -0.05) is 0 Å². The summed E-state index contributed by atoms with van der Waals surface area (Å²) < 4.78 is 4.76. The Morgan fingerprint density at radius 2 is 2.18 bits per heavy atom. The number of carbonyl (C=O) groups excluding carboxylic acids is 2. The number of carbonyl (C=O) groups is 2. The lowest BCUT2D eigenvalue weighted by molar-refractivity contribution is -0.128. The first-order valence-electron chi connectivity index (χ1n) is 3.29. The van der Waals surface area contributed by atoms with Crippen LogP contribution in [0.3, 0.4) is 0 Å². The van der Waals surface area contributed by atoms with E-state index in [1.54, 1.807) is 6.92 Å². The molecule has 0 aliphatic rings. The first-order valence-corrected chi connectivity index (χ1v) is 3.29. The molecule has 0 saturated heterocycles. The van der Waals surface area contributed by atoms with E-state index in [2.05, 4.69) is 5.32 Å². The maximum absolute atomic E-state index is 10.7. The molecule has 2 amide bonds. The maximum atomic E-state index is 10.7. The normalized spacial score (nSPS) is 9.18. The van der Waals surface area contributed by atoms with E-state index in [9.17, 15) is 9.59 Å². The summed E-state index contributed by atoms with van der Waals surface area (Å²) in [7, 11) is 0. The van der Waals surface area contributed by atoms with E-state index in [1.165, 1.54) is 0 Å². The van der Waals surface area contributed by atoms with E-state index in [0.29, 0.717) is 6.61 Å². The van der Waals surface area contributed by atoms with Crippen LogP contribution in [0.25, 0.3) is 0 Å². The van der Waals surface area contributed by atoms with Gasteiger partial charge in [-0.15, -0.1) is 0 Å². The van der Waals surface area contributed by atoms with Crippen LogP contribution in [0.5, 0.6) is 0 Å². The Balaban J connectivity index is 3.30. The topological polar surface area (TPSA) is 81.4 Å². The van der Waals surface area contributed by atoms with Crippen LogP contribution in [0, 0.1) is 0 Å². The molecule has 0 heterocycles. The van der Waals surface area contributed by atoms with Crippen LogP contribution < -0.4 is 11.1 Å². The van der Waals surface area contributed by atoms with Crippen molar-refractivity contribution in [3.05, 3.63) is 0 Å². The lowest BCUT2D eigenvalue weighted by Crippen LogP contribution is -2.35. The lowest BCUT2D eigenvalue weighted by atomic mass is 10.5. The summed E-state index contributed by atoms with van der Waals surface area (Å²) in [6, 6.07) is 0. The summed E-state index contributed by atoms with van der Waals surface area (Å²) >= 11 is 0. The second-order valence-electron chi connectivity index (χ2n) is 1.88. The van der Waals surface area contributed by atoms with Gasteiger partial charge < -0.3 is 15.8 Å². The fraction of sp³-hybridized carbons (Fsp3) is 0.667. The van der Waals surface area contributed by atoms with Crippen LogP contribution in [0.1, 0.15) is 6.92 Å². The predicted molar refractivity (Wildman–Crippen MR) is 38.7 cm³/mol. The number of hydrogen-bond acceptors (Lipinski definition) is 3. The van der Waals surface area contributed by atoms with Crippen LogP contribution in [-0.4, -0.2) is 31.6 Å². The van der Waals surface area contributed by atoms with E-state index < -0.39 is 5.91 Å². The van der Waals surface area contributed by atoms with Crippen molar-refractivity contribution in [1.82, 2.24) is 5.32 Å². The van der Waals surface area contributed by atoms with Crippen LogP contribution in [0.15, 0.2) is 0 Å². The minimum absolute atomic E-state index is 0.0240. The SMILES string of the molecule is CCOCC(=O)NCC(N)=O. The molecule has 0 saturated carbocycles. The molecule has 5 heteroatoms. The van der Waals surface area contributed by atoms with Crippen molar-refractivity contribution in [1.29, 1.82) is 0 Å². The molecule has 0 aliphatic carbocycles. The van der Waals surface area contributed by atoms with Gasteiger partial charge in [-0.05, 0) is 6.92 Å². The Kier molecular flexibility index (Phi) is 5.10. The van der Waals surface area contributed by atoms with Crippen molar-refractivity contribution >= 4 is 11.8 Å². The van der Waals surface area contributed by atoms with Crippen molar-refractivity contribution < 1.29 is 14.3 Å². The summed E-state index contributed by atoms with van der Waals surface area (Å²) in [4.78, 5) is 20.8. The maximum Gasteiger partial charge on any atom is 0.246 e. The standard InChI is InChI=1S/C6H12N2O3/c1-2-11-4-6(10)8-3-5(7)9/h2-4H2,1H3,(H2,7,9)(H,8,10). The van der Waals surface area contributed by atoms with Crippen LogP contribution >= 0.6 is 0 Å². The highest BCUT2D eigenvalue weighted by atomic mass is 16.5. The van der Waals surface area contributed by atoms with Gasteiger partial charge in [0.1, 0.15) is 6.61 Å². The molecule has 0 atom stereocenters. The van der Waals surface area contributed by atoms with E-state index in [-0.39, 0.29) is 19.1 Å². The van der Waals surface area contributed by atoms with E-state index in [4.69, 9.17) is 10.5 Å². The molecular formula is C6H12N2O3. The Bertz CT molecular complexity index is 147. The van der Waals surface area contributed by atoms with Crippen molar-refractivity contribution in [2.75, 3.05) is 19.8 Å². The highest BCUT2D eigenvalue weighted by molar-refractivity contribution is 5.84. The smallest absolute Gasteiger partial charge is 0.246 e. The van der Waals surface area contributed by atoms with Gasteiger partial charge in [0.05, 0.1) is 6.54 Å². The third kappa shape index (κ3) is 6.79. The minimum Gasteiger partial charge on any atom is -0.372 e. The van der Waals surface area contributed by atoms with Crippen molar-refractivity contribution in [3.8, 4) is 0 Å². The average molecular weight is 160 g/mol. The second kappa shape index (κ2) is 5.67. The third-order valence-electron chi connectivity index (χ3n) is 0.897. The van der Waals surface area contributed by atoms with Crippen molar-refractivity contribution in [2.45, 2.75) is 6.92 Å². The van der Waals surface area contributed by atoms with Crippen LogP contribution in [0.4, 0.5) is 0 Å². The van der Waals surface area contributed by atoms with Gasteiger partial charge in [0.25, 0.3) is 0 Å². The number of hydrogen-bond donors (Lipinski definition) is 2. The zero-order valence-electron chi connectivity index (χ0n) is 6.42. The summed E-state index contributed by atoms with van der Waals surface area (Å²) in [5, 5.41) is 2.28. The summed E-state index contributed by atoms with van der Waals surface area (Å²) in [5.41, 5.74) is 4.77. The Hall–Kier alpha value is -1.10. The largest absolute Gasteiger partial charge is 0.372 e. The monoisotopic (exact) mass is 160 g/mol. The molecule has 0 aromatic heterocycles. The predicted octanol–water partition coefficient (Wildman–Crippen LogP) is -1.38. The first-order chi connectivity index (χ1) is 5.16. The van der Waals surface area contributed by atoms with Gasteiger partial charge in [0, 0.05) is 6.61 Å². The molecule has 0 radical (unpaired) electrons. The Morgan fingerprint density at radius 1 is 1.55 bits per heavy atom. The highest BCUT2D eigenvalue weighted by Crippen LogP contribution is 1.72. The average Bonchev–Trinajstić information content (AvgIpc) is 1.97. The van der Waals surface area contributed by atoms with Gasteiger partial charge in [-0.2, -0.15) is 0 Å². The number of nitrogens with two attached hydrogens (primary N) is 1. The van der Waals surface area contributed by atoms with Crippen LogP contribution in [-0.2, 0) is 14.3 Å². The molecule has 0 aromatic carbocycles. The highest BCUT2D eigenvalue weighted by Gasteiger charge is 2.00. The quantitative estimate of drug-likeness (QED) is 0.520. The molecule has 0 bridgehead atoms. The fourth-order valence-electron chi connectivity index (χ4n) is 0.431. The zero-order valence-corrected chi connectivity index (χ0v) is 6.42. The van der Waals surface area contributed by atoms with Gasteiger partial charge in [-0.3, -0.25) is 9.59 Å². The molecule has 0 aromatic rings. The number of nitrogens with one attached hydrogen (secondary N) is 1. The number of amides is 2. The molecule has 0 unspecified atom stereocenters. The Labute approximate surface area is 64.9 Å². The zero-order chi connectivity index (χ0) is 8.69. The number of primary amides is 1. The summed E-state index contributed by atoms with van der Waals surface area (Å²) in [6.07, 6.45) is 0. The Morgan fingerprint density at radius 3 is 2.64 bits per heavy atom. The molecule has 11 heavy (non-hydrogen) atoms. The van der Waals surface area contributed by atoms with Gasteiger partial charge >= 0.3 is 0 Å². The van der Waals surface area contributed by atoms with E-state index in [0.717, 1.165) is 0 Å². The lowest BCUT2D eigenvalue weighted by Gasteiger charge is -2.01. The molecule has 0 fully saturated rings. The second-order valence-corrected chi connectivity index (χ2v) is 1.88. The third-order valence-corrected chi connectivity index (χ3v) is 0.897. The van der Waals surface area contributed by atoms with E-state index >= 15 is 0 Å². The molecule has 0 spiro atoms. The van der Waals surface area contributed by atoms with E-state index in [1.807, 2.05) is 0 Å². The minimum atomic E-state index is -0.560. The summed E-state index contributed by atoms with van der Waals surface area (Å²) in [6.45, 7) is 2.10. The van der Waals surface area contributed by atoms with Crippen LogP contribution in [0.2, 0.25) is 0 Å². The van der Waals surface area contributed by atoms with Crippen molar-refractivity contribution in [2.24, 2.45) is 5.73 Å². The molecular weight excluding hydrogens is 148 g/mol. The molecule has 64 valence electrons. The van der Waals surface area contributed by atoms with Crippen molar-refractivity contribution in [3.63, 3.8) is 0 Å². The molecule has 3 N–H and O–H groups in total. The van der Waals surface area contributed by atoms with Gasteiger partial charge in [0.2, 0.25) is 11.8 Å². The summed E-state index contributed by atoms with van der Waals surface area (Å²) in [5.74, 6) is -0.888. The number of rotatable bonds is 5. The molecule has 0 aliphatic heterocycles. The fourth-order valence-corrected chi connectivity index (χ4v) is 0.431.